The van der Waals surface area contributed by atoms with E-state index >= 15 is 0 Å². The zero-order chi connectivity index (χ0) is 12.4. The summed E-state index contributed by atoms with van der Waals surface area (Å²) in [6.07, 6.45) is 0. The molecule has 2 rings (SSSR count). The van der Waals surface area contributed by atoms with Gasteiger partial charge in [0.15, 0.2) is 4.34 Å². The molecule has 0 unspecified atom stereocenters. The molecular weight excluding hydrogens is 324 g/mol. The van der Waals surface area contributed by atoms with Crippen LogP contribution < -0.4 is 0 Å². The SMILES string of the molecule is Cc1nnc(Sc2cccc(Br)c2C(=O)O)s1. The Morgan fingerprint density at radius 1 is 1.47 bits per heavy atom. The average molecular weight is 331 g/mol. The smallest absolute Gasteiger partial charge is 0.338 e. The van der Waals surface area contributed by atoms with Gasteiger partial charge in [-0.25, -0.2) is 4.79 Å². The van der Waals surface area contributed by atoms with Gasteiger partial charge in [0.05, 0.1) is 5.56 Å². The second-order valence-corrected chi connectivity index (χ2v) is 6.43. The molecule has 0 saturated heterocycles. The van der Waals surface area contributed by atoms with Gasteiger partial charge in [0.1, 0.15) is 5.01 Å². The number of aryl methyl sites for hydroxylation is 1. The molecule has 0 bridgehead atoms. The molecule has 2 aromatic rings. The summed E-state index contributed by atoms with van der Waals surface area (Å²) in [6, 6.07) is 5.27. The first-order chi connectivity index (χ1) is 8.08. The minimum Gasteiger partial charge on any atom is -0.478 e. The first kappa shape index (κ1) is 12.5. The lowest BCUT2D eigenvalue weighted by Gasteiger charge is -2.04. The Bertz CT molecular complexity index is 571. The van der Waals surface area contributed by atoms with E-state index in [1.54, 1.807) is 18.2 Å². The zero-order valence-electron chi connectivity index (χ0n) is 8.68. The van der Waals surface area contributed by atoms with Gasteiger partial charge in [-0.2, -0.15) is 0 Å². The van der Waals surface area contributed by atoms with Crippen molar-refractivity contribution in [1.82, 2.24) is 10.2 Å². The number of carboxylic acid groups (broad SMARTS) is 1. The van der Waals surface area contributed by atoms with Crippen LogP contribution in [0.4, 0.5) is 0 Å². The Balaban J connectivity index is 2.39. The van der Waals surface area contributed by atoms with Gasteiger partial charge in [-0.15, -0.1) is 10.2 Å². The van der Waals surface area contributed by atoms with Crippen molar-refractivity contribution in [1.29, 1.82) is 0 Å². The molecule has 0 amide bonds. The van der Waals surface area contributed by atoms with Gasteiger partial charge in [0.2, 0.25) is 0 Å². The average Bonchev–Trinajstić information content (AvgIpc) is 2.63. The van der Waals surface area contributed by atoms with Crippen molar-refractivity contribution < 1.29 is 9.90 Å². The van der Waals surface area contributed by atoms with Gasteiger partial charge < -0.3 is 5.11 Å². The highest BCUT2D eigenvalue weighted by molar-refractivity contribution is 9.10. The molecule has 1 N–H and O–H groups in total. The summed E-state index contributed by atoms with van der Waals surface area (Å²) in [4.78, 5) is 11.8. The lowest BCUT2D eigenvalue weighted by molar-refractivity contribution is 0.0692. The maximum atomic E-state index is 11.2. The van der Waals surface area contributed by atoms with E-state index in [1.165, 1.54) is 23.1 Å². The number of halogens is 1. The third kappa shape index (κ3) is 2.85. The molecule has 1 heterocycles. The molecule has 0 spiro atoms. The number of carboxylic acids is 1. The molecule has 1 aromatic carbocycles. The Morgan fingerprint density at radius 3 is 2.82 bits per heavy atom. The lowest BCUT2D eigenvalue weighted by Crippen LogP contribution is -1.99. The van der Waals surface area contributed by atoms with Crippen LogP contribution in [0.2, 0.25) is 0 Å². The monoisotopic (exact) mass is 330 g/mol. The first-order valence-electron chi connectivity index (χ1n) is 4.57. The highest BCUT2D eigenvalue weighted by atomic mass is 79.9. The van der Waals surface area contributed by atoms with Crippen molar-refractivity contribution in [2.45, 2.75) is 16.2 Å². The molecule has 1 aromatic heterocycles. The molecule has 0 radical (unpaired) electrons. The Kier molecular flexibility index (Phi) is 3.80. The Labute approximate surface area is 114 Å². The standard InChI is InChI=1S/C10H7BrN2O2S2/c1-5-12-13-10(16-5)17-7-4-2-3-6(11)8(7)9(14)15/h2-4H,1H3,(H,14,15). The molecule has 88 valence electrons. The summed E-state index contributed by atoms with van der Waals surface area (Å²) in [7, 11) is 0. The molecule has 0 atom stereocenters. The summed E-state index contributed by atoms with van der Waals surface area (Å²) >= 11 is 5.99. The molecule has 7 heteroatoms. The highest BCUT2D eigenvalue weighted by Gasteiger charge is 2.16. The summed E-state index contributed by atoms with van der Waals surface area (Å²) in [5, 5.41) is 17.9. The van der Waals surface area contributed by atoms with E-state index in [1.807, 2.05) is 6.92 Å². The van der Waals surface area contributed by atoms with Crippen LogP contribution >= 0.6 is 39.0 Å². The van der Waals surface area contributed by atoms with Gasteiger partial charge in [0.25, 0.3) is 0 Å². The molecule has 0 saturated carbocycles. The third-order valence-electron chi connectivity index (χ3n) is 1.89. The predicted octanol–water partition coefficient (Wildman–Crippen LogP) is 3.46. The Morgan fingerprint density at radius 2 is 2.24 bits per heavy atom. The van der Waals surface area contributed by atoms with Crippen LogP contribution in [-0.2, 0) is 0 Å². The minimum absolute atomic E-state index is 0.255. The van der Waals surface area contributed by atoms with Gasteiger partial charge in [-0.3, -0.25) is 0 Å². The molecule has 0 aliphatic carbocycles. The third-order valence-corrected chi connectivity index (χ3v) is 4.50. The number of hydrogen-bond donors (Lipinski definition) is 1. The van der Waals surface area contributed by atoms with E-state index in [0.29, 0.717) is 9.37 Å². The maximum Gasteiger partial charge on any atom is 0.338 e. The van der Waals surface area contributed by atoms with Crippen LogP contribution in [-0.4, -0.2) is 21.3 Å². The van der Waals surface area contributed by atoms with Crippen LogP contribution in [0.3, 0.4) is 0 Å². The number of aromatic nitrogens is 2. The van der Waals surface area contributed by atoms with E-state index in [9.17, 15) is 4.79 Å². The van der Waals surface area contributed by atoms with Crippen LogP contribution in [0, 0.1) is 6.92 Å². The molecule has 0 fully saturated rings. The van der Waals surface area contributed by atoms with Crippen LogP contribution in [0.25, 0.3) is 0 Å². The number of rotatable bonds is 3. The summed E-state index contributed by atoms with van der Waals surface area (Å²) in [5.41, 5.74) is 0.255. The van der Waals surface area contributed by atoms with E-state index in [4.69, 9.17) is 5.11 Å². The molecule has 17 heavy (non-hydrogen) atoms. The number of aromatic carboxylic acids is 1. The summed E-state index contributed by atoms with van der Waals surface area (Å²) < 4.78 is 1.30. The largest absolute Gasteiger partial charge is 0.478 e. The van der Waals surface area contributed by atoms with Crippen molar-refractivity contribution in [3.63, 3.8) is 0 Å². The van der Waals surface area contributed by atoms with Crippen molar-refractivity contribution in [3.8, 4) is 0 Å². The predicted molar refractivity (Wildman–Crippen MR) is 69.9 cm³/mol. The lowest BCUT2D eigenvalue weighted by atomic mass is 10.2. The van der Waals surface area contributed by atoms with Crippen molar-refractivity contribution in [2.24, 2.45) is 0 Å². The summed E-state index contributed by atoms with van der Waals surface area (Å²) in [6.45, 7) is 1.86. The zero-order valence-corrected chi connectivity index (χ0v) is 11.9. The topological polar surface area (TPSA) is 63.1 Å². The summed E-state index contributed by atoms with van der Waals surface area (Å²) in [5.74, 6) is -0.957. The van der Waals surface area contributed by atoms with Crippen LogP contribution in [0.1, 0.15) is 15.4 Å². The molecule has 0 aliphatic rings. The Hall–Kier alpha value is -0.920. The number of carbonyl (C=O) groups is 1. The van der Waals surface area contributed by atoms with Crippen molar-refractivity contribution >= 4 is 45.0 Å². The quantitative estimate of drug-likeness (QED) is 0.933. The first-order valence-corrected chi connectivity index (χ1v) is 7.00. The molecule has 0 aliphatic heterocycles. The van der Waals surface area contributed by atoms with Gasteiger partial charge in [0, 0.05) is 9.37 Å². The number of hydrogen-bond acceptors (Lipinski definition) is 5. The van der Waals surface area contributed by atoms with Crippen LogP contribution in [0.15, 0.2) is 31.9 Å². The maximum absolute atomic E-state index is 11.2. The van der Waals surface area contributed by atoms with E-state index in [2.05, 4.69) is 26.1 Å². The van der Waals surface area contributed by atoms with E-state index < -0.39 is 5.97 Å². The van der Waals surface area contributed by atoms with Crippen LogP contribution in [0.5, 0.6) is 0 Å². The fourth-order valence-electron chi connectivity index (χ4n) is 1.21. The fourth-order valence-corrected chi connectivity index (χ4v) is 3.81. The van der Waals surface area contributed by atoms with Gasteiger partial charge in [-0.1, -0.05) is 29.2 Å². The molecular formula is C10H7BrN2O2S2. The highest BCUT2D eigenvalue weighted by Crippen LogP contribution is 2.35. The van der Waals surface area contributed by atoms with Gasteiger partial charge >= 0.3 is 5.97 Å². The molecule has 4 nitrogen and oxygen atoms in total. The van der Waals surface area contributed by atoms with E-state index in [0.717, 1.165) is 9.35 Å². The second kappa shape index (κ2) is 5.16. The van der Waals surface area contributed by atoms with Crippen molar-refractivity contribution in [3.05, 3.63) is 33.2 Å². The van der Waals surface area contributed by atoms with Crippen molar-refractivity contribution in [2.75, 3.05) is 0 Å². The van der Waals surface area contributed by atoms with E-state index in [-0.39, 0.29) is 5.56 Å². The normalized spacial score (nSPS) is 10.5. The second-order valence-electron chi connectivity index (χ2n) is 3.11. The fraction of sp³-hybridized carbons (Fsp3) is 0.100. The number of benzene rings is 1. The minimum atomic E-state index is -0.957. The van der Waals surface area contributed by atoms with Gasteiger partial charge in [-0.05, 0) is 35.0 Å². The number of nitrogens with zero attached hydrogens (tertiary/aromatic N) is 2.